The molecule has 0 bridgehead atoms. The highest BCUT2D eigenvalue weighted by Crippen LogP contribution is 2.05. The summed E-state index contributed by atoms with van der Waals surface area (Å²) >= 11 is 0. The first-order valence-electron chi connectivity index (χ1n) is 10.6. The van der Waals surface area contributed by atoms with Crippen molar-refractivity contribution in [2.24, 2.45) is 0 Å². The van der Waals surface area contributed by atoms with E-state index in [1.807, 2.05) is 31.2 Å². The topological polar surface area (TPSA) is 126 Å². The molecule has 1 aromatic rings. The molecule has 0 atom stereocenters. The second-order valence-corrected chi connectivity index (χ2v) is 7.05. The molecule has 0 saturated heterocycles. The van der Waals surface area contributed by atoms with E-state index in [4.69, 9.17) is 4.74 Å². The van der Waals surface area contributed by atoms with Crippen LogP contribution in [0.3, 0.4) is 0 Å². The smallest absolute Gasteiger partial charge is 0.246 e. The van der Waals surface area contributed by atoms with Crippen LogP contribution in [-0.2, 0) is 36.9 Å². The molecule has 4 amide bonds. The molecular formula is C22H34N4O5. The zero-order valence-corrected chi connectivity index (χ0v) is 18.4. The Morgan fingerprint density at radius 1 is 0.806 bits per heavy atom. The van der Waals surface area contributed by atoms with E-state index >= 15 is 0 Å². The number of ether oxygens (including phenoxy) is 1. The van der Waals surface area contributed by atoms with Gasteiger partial charge in [0.2, 0.25) is 23.6 Å². The Morgan fingerprint density at radius 2 is 1.48 bits per heavy atom. The second-order valence-electron chi connectivity index (χ2n) is 7.05. The highest BCUT2D eigenvalue weighted by molar-refractivity contribution is 5.80. The zero-order chi connectivity index (χ0) is 22.9. The summed E-state index contributed by atoms with van der Waals surface area (Å²) in [5.41, 5.74) is 1.76. The minimum Gasteiger partial charge on any atom is -0.372 e. The average molecular weight is 435 g/mol. The lowest BCUT2D eigenvalue weighted by atomic mass is 10.1. The van der Waals surface area contributed by atoms with Gasteiger partial charge in [0.15, 0.2) is 0 Å². The van der Waals surface area contributed by atoms with Gasteiger partial charge in [-0.05, 0) is 24.0 Å². The summed E-state index contributed by atoms with van der Waals surface area (Å²) in [5.74, 6) is -0.442. The van der Waals surface area contributed by atoms with Gasteiger partial charge in [0.25, 0.3) is 0 Å². The van der Waals surface area contributed by atoms with Crippen molar-refractivity contribution in [3.63, 3.8) is 0 Å². The zero-order valence-electron chi connectivity index (χ0n) is 18.4. The maximum absolute atomic E-state index is 11.9. The van der Waals surface area contributed by atoms with Gasteiger partial charge in [-0.25, -0.2) is 0 Å². The Bertz CT molecular complexity index is 706. The number of hydrogen-bond donors (Lipinski definition) is 4. The maximum atomic E-state index is 11.9. The van der Waals surface area contributed by atoms with Crippen molar-refractivity contribution >= 4 is 23.6 Å². The summed E-state index contributed by atoms with van der Waals surface area (Å²) in [4.78, 5) is 46.1. The monoisotopic (exact) mass is 434 g/mol. The Labute approximate surface area is 183 Å². The van der Waals surface area contributed by atoms with Gasteiger partial charge < -0.3 is 26.0 Å². The number of nitrogens with one attached hydrogen (secondary N) is 4. The van der Waals surface area contributed by atoms with E-state index in [-0.39, 0.29) is 43.1 Å². The van der Waals surface area contributed by atoms with Crippen LogP contribution in [-0.4, -0.2) is 57.0 Å². The number of carbonyl (C=O) groups excluding carboxylic acids is 4. The molecule has 4 N–H and O–H groups in total. The minimum atomic E-state index is -0.213. The van der Waals surface area contributed by atoms with Crippen molar-refractivity contribution in [3.8, 4) is 0 Å². The van der Waals surface area contributed by atoms with E-state index in [0.717, 1.165) is 17.5 Å². The molecule has 0 heterocycles. The quantitative estimate of drug-likeness (QED) is 0.298. The molecule has 9 heteroatoms. The molecule has 9 nitrogen and oxygen atoms in total. The largest absolute Gasteiger partial charge is 0.372 e. The van der Waals surface area contributed by atoms with Gasteiger partial charge in [0, 0.05) is 46.1 Å². The van der Waals surface area contributed by atoms with Crippen LogP contribution in [0.1, 0.15) is 43.7 Å². The van der Waals surface area contributed by atoms with Crippen LogP contribution in [0.5, 0.6) is 0 Å². The molecule has 0 fully saturated rings. The van der Waals surface area contributed by atoms with E-state index in [1.54, 1.807) is 7.05 Å². The first kappa shape index (κ1) is 26.1. The fourth-order valence-electron chi connectivity index (χ4n) is 2.60. The van der Waals surface area contributed by atoms with Gasteiger partial charge in [0.1, 0.15) is 6.61 Å². The predicted octanol–water partition coefficient (Wildman–Crippen LogP) is 0.421. The van der Waals surface area contributed by atoms with Crippen molar-refractivity contribution in [1.29, 1.82) is 0 Å². The van der Waals surface area contributed by atoms with E-state index in [2.05, 4.69) is 21.3 Å². The van der Waals surface area contributed by atoms with Crippen molar-refractivity contribution in [1.82, 2.24) is 21.3 Å². The normalized spacial score (nSPS) is 10.3. The molecule has 1 rings (SSSR count). The Morgan fingerprint density at radius 3 is 2.16 bits per heavy atom. The first-order chi connectivity index (χ1) is 14.9. The van der Waals surface area contributed by atoms with E-state index in [0.29, 0.717) is 39.1 Å². The van der Waals surface area contributed by atoms with Crippen molar-refractivity contribution in [3.05, 3.63) is 35.4 Å². The lowest BCUT2D eigenvalue weighted by molar-refractivity contribution is -0.126. The number of carbonyl (C=O) groups is 4. The maximum Gasteiger partial charge on any atom is 0.246 e. The van der Waals surface area contributed by atoms with Gasteiger partial charge in [-0.3, -0.25) is 19.2 Å². The third-order valence-electron chi connectivity index (χ3n) is 4.33. The van der Waals surface area contributed by atoms with Crippen LogP contribution in [0.15, 0.2) is 24.3 Å². The molecule has 0 spiro atoms. The SMILES string of the molecule is CCCC(=O)NCCCOCC(=O)NCc1ccc(CC(=O)NCCC(=O)NC)cc1. The molecule has 0 radical (unpaired) electrons. The molecule has 1 aromatic carbocycles. The number of rotatable bonds is 15. The van der Waals surface area contributed by atoms with E-state index in [9.17, 15) is 19.2 Å². The van der Waals surface area contributed by atoms with Crippen molar-refractivity contribution in [2.75, 3.05) is 33.4 Å². The molecule has 172 valence electrons. The van der Waals surface area contributed by atoms with Crippen LogP contribution in [0, 0.1) is 0 Å². The fraction of sp³-hybridized carbons (Fsp3) is 0.545. The van der Waals surface area contributed by atoms with Crippen LogP contribution in [0.2, 0.25) is 0 Å². The van der Waals surface area contributed by atoms with Gasteiger partial charge in [-0.2, -0.15) is 0 Å². The molecule has 0 aliphatic carbocycles. The van der Waals surface area contributed by atoms with Crippen LogP contribution >= 0.6 is 0 Å². The highest BCUT2D eigenvalue weighted by atomic mass is 16.5. The predicted molar refractivity (Wildman–Crippen MR) is 117 cm³/mol. The molecule has 31 heavy (non-hydrogen) atoms. The Kier molecular flexibility index (Phi) is 13.3. The third kappa shape index (κ3) is 13.1. The van der Waals surface area contributed by atoms with Gasteiger partial charge in [-0.1, -0.05) is 31.2 Å². The first-order valence-corrected chi connectivity index (χ1v) is 10.6. The Hall–Kier alpha value is -2.94. The molecule has 0 aromatic heterocycles. The summed E-state index contributed by atoms with van der Waals surface area (Å²) in [6.45, 7) is 3.54. The number of hydrogen-bond acceptors (Lipinski definition) is 5. The summed E-state index contributed by atoms with van der Waals surface area (Å²) < 4.78 is 5.31. The average Bonchev–Trinajstić information content (AvgIpc) is 2.75. The van der Waals surface area contributed by atoms with Crippen LogP contribution in [0.4, 0.5) is 0 Å². The van der Waals surface area contributed by atoms with Gasteiger partial charge in [-0.15, -0.1) is 0 Å². The highest BCUT2D eigenvalue weighted by Gasteiger charge is 2.06. The molecular weight excluding hydrogens is 400 g/mol. The van der Waals surface area contributed by atoms with Crippen molar-refractivity contribution in [2.45, 2.75) is 45.6 Å². The van der Waals surface area contributed by atoms with Gasteiger partial charge >= 0.3 is 0 Å². The lowest BCUT2D eigenvalue weighted by Gasteiger charge is -2.08. The lowest BCUT2D eigenvalue weighted by Crippen LogP contribution is -2.30. The van der Waals surface area contributed by atoms with Crippen molar-refractivity contribution < 1.29 is 23.9 Å². The number of benzene rings is 1. The Balaban J connectivity index is 2.16. The summed E-state index contributed by atoms with van der Waals surface area (Å²) in [7, 11) is 1.56. The minimum absolute atomic E-state index is 0.0305. The summed E-state index contributed by atoms with van der Waals surface area (Å²) in [6, 6.07) is 7.38. The summed E-state index contributed by atoms with van der Waals surface area (Å²) in [6.07, 6.45) is 2.48. The van der Waals surface area contributed by atoms with E-state index in [1.165, 1.54) is 0 Å². The van der Waals surface area contributed by atoms with Crippen LogP contribution < -0.4 is 21.3 Å². The second kappa shape index (κ2) is 15.8. The van der Waals surface area contributed by atoms with Gasteiger partial charge in [0.05, 0.1) is 6.42 Å². The molecule has 0 aliphatic rings. The molecule has 0 unspecified atom stereocenters. The number of amides is 4. The fourth-order valence-corrected chi connectivity index (χ4v) is 2.60. The van der Waals surface area contributed by atoms with Crippen LogP contribution in [0.25, 0.3) is 0 Å². The third-order valence-corrected chi connectivity index (χ3v) is 4.33. The summed E-state index contributed by atoms with van der Waals surface area (Å²) in [5, 5.41) is 10.8. The van der Waals surface area contributed by atoms with E-state index < -0.39 is 0 Å². The standard InChI is InChI=1S/C22H34N4O5/c1-3-5-20(28)24-11-4-13-31-16-22(30)26-15-18-8-6-17(7-9-18)14-21(29)25-12-10-19(27)23-2/h6-9H,3-5,10-16H2,1-2H3,(H,23,27)(H,24,28)(H,25,29)(H,26,30). The molecule has 0 saturated carbocycles. The molecule has 0 aliphatic heterocycles.